The first-order valence-electron chi connectivity index (χ1n) is 8.20. The summed E-state index contributed by atoms with van der Waals surface area (Å²) in [7, 11) is 0. The van der Waals surface area contributed by atoms with Gasteiger partial charge in [-0.05, 0) is 61.6 Å². The molecule has 112 valence electrons. The van der Waals surface area contributed by atoms with E-state index < -0.39 is 0 Å². The molecule has 2 nitrogen and oxygen atoms in total. The number of carbonyl (C=O) groups is 1. The molecule has 0 atom stereocenters. The van der Waals surface area contributed by atoms with E-state index in [0.29, 0.717) is 17.2 Å². The van der Waals surface area contributed by atoms with Crippen molar-refractivity contribution in [1.82, 2.24) is 4.90 Å². The smallest absolute Gasteiger partial charge is 0.225 e. The average Bonchev–Trinajstić information content (AvgIpc) is 3.19. The Morgan fingerprint density at radius 1 is 1.05 bits per heavy atom. The van der Waals surface area contributed by atoms with Crippen LogP contribution in [0.1, 0.15) is 50.0 Å². The molecule has 1 saturated heterocycles. The molecule has 1 aliphatic heterocycles. The van der Waals surface area contributed by atoms with Crippen LogP contribution < -0.4 is 0 Å². The van der Waals surface area contributed by atoms with Crippen LogP contribution in [0.25, 0.3) is 0 Å². The van der Waals surface area contributed by atoms with Gasteiger partial charge < -0.3 is 4.90 Å². The van der Waals surface area contributed by atoms with Crippen molar-refractivity contribution in [2.75, 3.05) is 13.1 Å². The SMILES string of the molecule is O=C(C1CCC2(CC1)CC2)N1CC(c2ccc(F)cc2)C1. The summed E-state index contributed by atoms with van der Waals surface area (Å²) in [6, 6.07) is 6.71. The summed E-state index contributed by atoms with van der Waals surface area (Å²) < 4.78 is 12.9. The van der Waals surface area contributed by atoms with Gasteiger partial charge in [0.2, 0.25) is 5.91 Å². The lowest BCUT2D eigenvalue weighted by atomic mass is 9.78. The van der Waals surface area contributed by atoms with E-state index in [4.69, 9.17) is 0 Å². The zero-order chi connectivity index (χ0) is 14.4. The summed E-state index contributed by atoms with van der Waals surface area (Å²) in [6.07, 6.45) is 7.50. The lowest BCUT2D eigenvalue weighted by molar-refractivity contribution is -0.141. The van der Waals surface area contributed by atoms with Gasteiger partial charge >= 0.3 is 0 Å². The topological polar surface area (TPSA) is 20.3 Å². The molecule has 0 unspecified atom stereocenters. The molecule has 2 saturated carbocycles. The maximum Gasteiger partial charge on any atom is 0.225 e. The molecule has 0 bridgehead atoms. The van der Waals surface area contributed by atoms with E-state index in [0.717, 1.165) is 31.5 Å². The van der Waals surface area contributed by atoms with Gasteiger partial charge in [0.25, 0.3) is 0 Å². The fourth-order valence-corrected chi connectivity index (χ4v) is 4.02. The Kier molecular flexibility index (Phi) is 3.05. The Hall–Kier alpha value is -1.38. The van der Waals surface area contributed by atoms with Crippen molar-refractivity contribution in [3.63, 3.8) is 0 Å². The average molecular weight is 287 g/mol. The highest BCUT2D eigenvalue weighted by atomic mass is 19.1. The Morgan fingerprint density at radius 2 is 1.67 bits per heavy atom. The molecule has 1 heterocycles. The Bertz CT molecular complexity index is 533. The number of amides is 1. The number of benzene rings is 1. The van der Waals surface area contributed by atoms with Gasteiger partial charge in [0, 0.05) is 24.9 Å². The number of hydrogen-bond acceptors (Lipinski definition) is 1. The lowest BCUT2D eigenvalue weighted by Crippen LogP contribution is -2.51. The van der Waals surface area contributed by atoms with Crippen molar-refractivity contribution in [1.29, 1.82) is 0 Å². The van der Waals surface area contributed by atoms with Crippen LogP contribution >= 0.6 is 0 Å². The number of likely N-dealkylation sites (tertiary alicyclic amines) is 1. The molecule has 3 heteroatoms. The van der Waals surface area contributed by atoms with Crippen LogP contribution in [-0.4, -0.2) is 23.9 Å². The van der Waals surface area contributed by atoms with Crippen LogP contribution in [0.4, 0.5) is 4.39 Å². The maximum absolute atomic E-state index is 12.9. The van der Waals surface area contributed by atoms with Crippen LogP contribution in [0.15, 0.2) is 24.3 Å². The normalized spacial score (nSPS) is 24.9. The van der Waals surface area contributed by atoms with Gasteiger partial charge in [-0.2, -0.15) is 0 Å². The van der Waals surface area contributed by atoms with Crippen molar-refractivity contribution in [2.45, 2.75) is 44.4 Å². The van der Waals surface area contributed by atoms with Crippen LogP contribution in [0.3, 0.4) is 0 Å². The monoisotopic (exact) mass is 287 g/mol. The molecule has 1 aromatic carbocycles. The molecule has 1 amide bonds. The number of carbonyl (C=O) groups excluding carboxylic acids is 1. The van der Waals surface area contributed by atoms with Gasteiger partial charge in [-0.1, -0.05) is 12.1 Å². The third-order valence-corrected chi connectivity index (χ3v) is 5.89. The standard InChI is InChI=1S/C18H22FNO/c19-16-3-1-13(2-4-16)15-11-20(12-15)17(21)14-5-7-18(8-6-14)9-10-18/h1-4,14-15H,5-12H2. The number of rotatable bonds is 2. The second-order valence-corrected chi connectivity index (χ2v) is 7.27. The van der Waals surface area contributed by atoms with Crippen LogP contribution in [-0.2, 0) is 4.79 Å². The summed E-state index contributed by atoms with van der Waals surface area (Å²) in [6.45, 7) is 1.62. The van der Waals surface area contributed by atoms with E-state index in [-0.39, 0.29) is 11.7 Å². The molecule has 3 fully saturated rings. The Balaban J connectivity index is 1.31. The molecule has 21 heavy (non-hydrogen) atoms. The van der Waals surface area contributed by atoms with Gasteiger partial charge in [0.05, 0.1) is 0 Å². The third kappa shape index (κ3) is 2.47. The zero-order valence-electron chi connectivity index (χ0n) is 12.4. The number of hydrogen-bond donors (Lipinski definition) is 0. The van der Waals surface area contributed by atoms with Gasteiger partial charge in [-0.25, -0.2) is 4.39 Å². The first-order valence-corrected chi connectivity index (χ1v) is 8.20. The molecule has 0 N–H and O–H groups in total. The van der Waals surface area contributed by atoms with E-state index in [1.807, 2.05) is 17.0 Å². The van der Waals surface area contributed by atoms with Crippen molar-refractivity contribution < 1.29 is 9.18 Å². The predicted molar refractivity (Wildman–Crippen MR) is 79.3 cm³/mol. The second-order valence-electron chi connectivity index (χ2n) is 7.27. The van der Waals surface area contributed by atoms with Crippen molar-refractivity contribution in [3.8, 4) is 0 Å². The maximum atomic E-state index is 12.9. The van der Waals surface area contributed by atoms with E-state index in [2.05, 4.69) is 0 Å². The van der Waals surface area contributed by atoms with E-state index in [9.17, 15) is 9.18 Å². The first kappa shape index (κ1) is 13.3. The van der Waals surface area contributed by atoms with E-state index in [1.165, 1.54) is 37.8 Å². The van der Waals surface area contributed by atoms with Gasteiger partial charge in [0.1, 0.15) is 5.82 Å². The Morgan fingerprint density at radius 3 is 2.24 bits per heavy atom. The zero-order valence-corrected chi connectivity index (χ0v) is 12.4. The number of nitrogens with zero attached hydrogens (tertiary/aromatic N) is 1. The lowest BCUT2D eigenvalue weighted by Gasteiger charge is -2.42. The van der Waals surface area contributed by atoms with Crippen LogP contribution in [0, 0.1) is 17.2 Å². The molecule has 1 spiro atoms. The second kappa shape index (κ2) is 4.82. The quantitative estimate of drug-likeness (QED) is 0.812. The third-order valence-electron chi connectivity index (χ3n) is 5.89. The minimum atomic E-state index is -0.192. The summed E-state index contributed by atoms with van der Waals surface area (Å²) in [5.74, 6) is 0.837. The van der Waals surface area contributed by atoms with E-state index in [1.54, 1.807) is 0 Å². The van der Waals surface area contributed by atoms with Gasteiger partial charge in [-0.3, -0.25) is 4.79 Å². The minimum absolute atomic E-state index is 0.192. The van der Waals surface area contributed by atoms with Crippen molar-refractivity contribution in [2.24, 2.45) is 11.3 Å². The molecule has 1 aromatic rings. The van der Waals surface area contributed by atoms with Gasteiger partial charge in [-0.15, -0.1) is 0 Å². The van der Waals surface area contributed by atoms with Gasteiger partial charge in [0.15, 0.2) is 0 Å². The highest BCUT2D eigenvalue weighted by Crippen LogP contribution is 2.57. The molecule has 0 radical (unpaired) electrons. The fourth-order valence-electron chi connectivity index (χ4n) is 4.02. The molecule has 4 rings (SSSR count). The molecular formula is C18H22FNO. The fraction of sp³-hybridized carbons (Fsp3) is 0.611. The highest BCUT2D eigenvalue weighted by molar-refractivity contribution is 5.80. The molecular weight excluding hydrogens is 265 g/mol. The van der Waals surface area contributed by atoms with Crippen LogP contribution in [0.2, 0.25) is 0 Å². The summed E-state index contributed by atoms with van der Waals surface area (Å²) in [5, 5.41) is 0. The highest BCUT2D eigenvalue weighted by Gasteiger charge is 2.47. The molecule has 3 aliphatic rings. The summed E-state index contributed by atoms with van der Waals surface area (Å²) in [5.41, 5.74) is 1.81. The summed E-state index contributed by atoms with van der Waals surface area (Å²) >= 11 is 0. The Labute approximate surface area is 125 Å². The molecule has 0 aromatic heterocycles. The first-order chi connectivity index (χ1) is 10.2. The predicted octanol–water partition coefficient (Wildman–Crippen LogP) is 3.72. The van der Waals surface area contributed by atoms with Crippen molar-refractivity contribution in [3.05, 3.63) is 35.6 Å². The summed E-state index contributed by atoms with van der Waals surface area (Å²) in [4.78, 5) is 14.5. The minimum Gasteiger partial charge on any atom is -0.341 e. The van der Waals surface area contributed by atoms with Crippen LogP contribution in [0.5, 0.6) is 0 Å². The molecule has 2 aliphatic carbocycles. The van der Waals surface area contributed by atoms with E-state index >= 15 is 0 Å². The van der Waals surface area contributed by atoms with Crippen molar-refractivity contribution >= 4 is 5.91 Å². The largest absolute Gasteiger partial charge is 0.341 e. The number of halogens is 1.